The van der Waals surface area contributed by atoms with Gasteiger partial charge in [0.25, 0.3) is 5.91 Å². The van der Waals surface area contributed by atoms with Crippen LogP contribution in [0.25, 0.3) is 11.3 Å². The van der Waals surface area contributed by atoms with E-state index in [0.29, 0.717) is 16.5 Å². The molecule has 0 saturated heterocycles. The second kappa shape index (κ2) is 6.58. The standard InChI is InChI=1S/C16H11ClN2O4/c17-12-4-1-10(2-5-12)14-7-13(19-23-14)9-22-16(21)11-3-6-15(20)18-8-11/h1-8,11H,9H2. The predicted molar refractivity (Wildman–Crippen MR) is 82.9 cm³/mol. The number of rotatable bonds is 4. The number of dihydropyridines is 1. The van der Waals surface area contributed by atoms with Crippen LogP contribution in [0.1, 0.15) is 5.69 Å². The molecule has 1 unspecified atom stereocenters. The molecule has 3 rings (SSSR count). The van der Waals surface area contributed by atoms with Crippen LogP contribution in [-0.2, 0) is 20.9 Å². The van der Waals surface area contributed by atoms with Gasteiger partial charge in [-0.15, -0.1) is 0 Å². The molecule has 0 aliphatic carbocycles. The number of esters is 1. The number of aliphatic imine (C=N–C) groups is 1. The number of hydrogen-bond donors (Lipinski definition) is 0. The quantitative estimate of drug-likeness (QED) is 0.805. The highest BCUT2D eigenvalue weighted by molar-refractivity contribution is 6.30. The Kier molecular flexibility index (Phi) is 4.34. The number of halogens is 1. The average molecular weight is 331 g/mol. The molecule has 2 aromatic rings. The third-order valence-corrected chi connectivity index (χ3v) is 3.38. The maximum atomic E-state index is 11.8. The van der Waals surface area contributed by atoms with E-state index in [1.165, 1.54) is 18.4 Å². The summed E-state index contributed by atoms with van der Waals surface area (Å²) in [6, 6.07) is 8.78. The summed E-state index contributed by atoms with van der Waals surface area (Å²) in [6.45, 7) is -0.0257. The van der Waals surface area contributed by atoms with Gasteiger partial charge in [0, 0.05) is 28.9 Å². The maximum absolute atomic E-state index is 11.8. The van der Waals surface area contributed by atoms with E-state index in [4.69, 9.17) is 20.9 Å². The molecule has 0 radical (unpaired) electrons. The van der Waals surface area contributed by atoms with Crippen molar-refractivity contribution in [3.8, 4) is 11.3 Å². The topological polar surface area (TPSA) is 81.8 Å². The Labute approximate surface area is 136 Å². The summed E-state index contributed by atoms with van der Waals surface area (Å²) in [5.74, 6) is -1.00. The van der Waals surface area contributed by atoms with Gasteiger partial charge in [-0.3, -0.25) is 9.59 Å². The third-order valence-electron chi connectivity index (χ3n) is 3.13. The van der Waals surface area contributed by atoms with E-state index in [9.17, 15) is 9.59 Å². The Morgan fingerprint density at radius 3 is 2.78 bits per heavy atom. The van der Waals surface area contributed by atoms with Gasteiger partial charge in [-0.25, -0.2) is 4.99 Å². The van der Waals surface area contributed by atoms with E-state index in [2.05, 4.69) is 10.1 Å². The van der Waals surface area contributed by atoms with E-state index in [1.54, 1.807) is 30.3 Å². The minimum Gasteiger partial charge on any atom is -0.458 e. The normalized spacial score (nSPS) is 16.6. The van der Waals surface area contributed by atoms with Crippen LogP contribution in [0.15, 0.2) is 52.0 Å². The Hall–Kier alpha value is -2.73. The molecule has 1 aliphatic heterocycles. The van der Waals surface area contributed by atoms with Crippen molar-refractivity contribution < 1.29 is 18.8 Å². The molecule has 0 spiro atoms. The lowest BCUT2D eigenvalue weighted by molar-refractivity contribution is -0.146. The number of aromatic nitrogens is 1. The van der Waals surface area contributed by atoms with Gasteiger partial charge >= 0.3 is 5.97 Å². The highest BCUT2D eigenvalue weighted by Crippen LogP contribution is 2.22. The zero-order valence-corrected chi connectivity index (χ0v) is 12.6. The minimum absolute atomic E-state index is 0.0257. The number of benzene rings is 1. The van der Waals surface area contributed by atoms with Crippen molar-refractivity contribution >= 4 is 29.7 Å². The second-order valence-electron chi connectivity index (χ2n) is 4.80. The van der Waals surface area contributed by atoms with Gasteiger partial charge in [-0.1, -0.05) is 22.8 Å². The van der Waals surface area contributed by atoms with E-state index >= 15 is 0 Å². The van der Waals surface area contributed by atoms with Gasteiger partial charge in [0.05, 0.1) is 0 Å². The van der Waals surface area contributed by atoms with Gasteiger partial charge in [-0.05, 0) is 24.3 Å². The van der Waals surface area contributed by atoms with Crippen LogP contribution in [-0.4, -0.2) is 23.2 Å². The first kappa shape index (κ1) is 15.2. The highest BCUT2D eigenvalue weighted by Gasteiger charge is 2.19. The fraction of sp³-hybridized carbons (Fsp3) is 0.125. The van der Waals surface area contributed by atoms with Gasteiger partial charge in [-0.2, -0.15) is 0 Å². The van der Waals surface area contributed by atoms with Crippen molar-refractivity contribution in [3.63, 3.8) is 0 Å². The van der Waals surface area contributed by atoms with Crippen molar-refractivity contribution in [2.45, 2.75) is 6.61 Å². The Morgan fingerprint density at radius 1 is 1.30 bits per heavy atom. The molecule has 0 fully saturated rings. The fourth-order valence-corrected chi connectivity index (χ4v) is 2.07. The number of ether oxygens (including phenoxy) is 1. The molecular formula is C16H11ClN2O4. The first-order valence-electron chi connectivity index (χ1n) is 6.76. The van der Waals surface area contributed by atoms with Crippen molar-refractivity contribution in [3.05, 3.63) is 53.2 Å². The van der Waals surface area contributed by atoms with E-state index in [-0.39, 0.29) is 6.61 Å². The molecule has 1 aliphatic rings. The van der Waals surface area contributed by atoms with Crippen LogP contribution in [0.2, 0.25) is 5.02 Å². The summed E-state index contributed by atoms with van der Waals surface area (Å²) in [5, 5.41) is 4.48. The summed E-state index contributed by atoms with van der Waals surface area (Å²) in [6.07, 6.45) is 3.94. The molecule has 1 aromatic carbocycles. The highest BCUT2D eigenvalue weighted by atomic mass is 35.5. The van der Waals surface area contributed by atoms with Crippen molar-refractivity contribution in [2.75, 3.05) is 0 Å². The van der Waals surface area contributed by atoms with E-state index < -0.39 is 17.8 Å². The largest absolute Gasteiger partial charge is 0.458 e. The molecule has 1 aromatic heterocycles. The van der Waals surface area contributed by atoms with Crippen LogP contribution in [0.5, 0.6) is 0 Å². The maximum Gasteiger partial charge on any atom is 0.318 e. The molecule has 0 bridgehead atoms. The zero-order valence-electron chi connectivity index (χ0n) is 11.8. The number of carbonyl (C=O) groups excluding carboxylic acids is 2. The first-order valence-corrected chi connectivity index (χ1v) is 7.14. The van der Waals surface area contributed by atoms with Gasteiger partial charge in [0.2, 0.25) is 0 Å². The molecule has 116 valence electrons. The van der Waals surface area contributed by atoms with Gasteiger partial charge in [0.1, 0.15) is 18.2 Å². The smallest absolute Gasteiger partial charge is 0.318 e. The summed E-state index contributed by atoms with van der Waals surface area (Å²) in [5.41, 5.74) is 1.30. The molecule has 7 heteroatoms. The molecule has 6 nitrogen and oxygen atoms in total. The monoisotopic (exact) mass is 330 g/mol. The molecule has 2 heterocycles. The molecule has 1 atom stereocenters. The lowest BCUT2D eigenvalue weighted by atomic mass is 10.1. The van der Waals surface area contributed by atoms with E-state index in [0.717, 1.165) is 5.56 Å². The minimum atomic E-state index is -0.657. The van der Waals surface area contributed by atoms with Crippen LogP contribution >= 0.6 is 11.6 Å². The summed E-state index contributed by atoms with van der Waals surface area (Å²) >= 11 is 5.83. The van der Waals surface area contributed by atoms with Crippen LogP contribution in [0, 0.1) is 5.92 Å². The summed E-state index contributed by atoms with van der Waals surface area (Å²) in [4.78, 5) is 26.3. The molecular weight excluding hydrogens is 320 g/mol. The van der Waals surface area contributed by atoms with Crippen LogP contribution < -0.4 is 0 Å². The average Bonchev–Trinajstić information content (AvgIpc) is 3.03. The number of nitrogens with zero attached hydrogens (tertiary/aromatic N) is 2. The van der Waals surface area contributed by atoms with Crippen LogP contribution in [0.4, 0.5) is 0 Å². The van der Waals surface area contributed by atoms with Crippen molar-refractivity contribution in [1.82, 2.24) is 5.16 Å². The zero-order chi connectivity index (χ0) is 16.2. The SMILES string of the molecule is O=C1C=CC(C(=O)OCc2cc(-c3ccc(Cl)cc3)on2)C=N1. The van der Waals surface area contributed by atoms with Gasteiger partial charge < -0.3 is 9.26 Å². The lowest BCUT2D eigenvalue weighted by Crippen LogP contribution is -2.19. The van der Waals surface area contributed by atoms with Crippen LogP contribution in [0.3, 0.4) is 0 Å². The first-order chi connectivity index (χ1) is 11.1. The van der Waals surface area contributed by atoms with Gasteiger partial charge in [0.15, 0.2) is 5.76 Å². The molecule has 0 saturated carbocycles. The molecule has 23 heavy (non-hydrogen) atoms. The van der Waals surface area contributed by atoms with Crippen molar-refractivity contribution in [1.29, 1.82) is 0 Å². The Bertz CT molecular complexity index is 777. The molecule has 1 amide bonds. The fourth-order valence-electron chi connectivity index (χ4n) is 1.94. The predicted octanol–water partition coefficient (Wildman–Crippen LogP) is 2.82. The lowest BCUT2D eigenvalue weighted by Gasteiger charge is -2.08. The number of hydrogen-bond acceptors (Lipinski definition) is 5. The summed E-state index contributed by atoms with van der Waals surface area (Å²) in [7, 11) is 0. The summed E-state index contributed by atoms with van der Waals surface area (Å²) < 4.78 is 10.3. The second-order valence-corrected chi connectivity index (χ2v) is 5.23. The van der Waals surface area contributed by atoms with E-state index in [1.807, 2.05) is 0 Å². The van der Waals surface area contributed by atoms with Crippen molar-refractivity contribution in [2.24, 2.45) is 10.9 Å². The third kappa shape index (κ3) is 3.73. The Balaban J connectivity index is 1.60. The molecule has 0 N–H and O–H groups in total. The Morgan fingerprint density at radius 2 is 2.09 bits per heavy atom. The number of carbonyl (C=O) groups is 2. The number of amides is 1.